The van der Waals surface area contributed by atoms with Gasteiger partial charge in [0.2, 0.25) is 0 Å². The zero-order chi connectivity index (χ0) is 9.97. The minimum atomic E-state index is -0.484. The number of hydroxylamine groups is 1. The summed E-state index contributed by atoms with van der Waals surface area (Å²) in [5.74, 6) is -0.484. The quantitative estimate of drug-likeness (QED) is 0.426. The first-order valence-corrected chi connectivity index (χ1v) is 4.25. The molecule has 0 aliphatic rings. The first-order valence-electron chi connectivity index (χ1n) is 4.25. The molecular weight excluding hydrogens is 201 g/mol. The number of hydrogen-bond acceptors (Lipinski definition) is 2. The Hall–Kier alpha value is -0.870. The van der Waals surface area contributed by atoms with Crippen molar-refractivity contribution < 1.29 is 10.0 Å². The molecule has 0 aromatic heterocycles. The molecule has 0 bridgehead atoms. The molecule has 0 aliphatic heterocycles. The Bertz CT molecular complexity index is 479. The summed E-state index contributed by atoms with van der Waals surface area (Å²) < 4.78 is 0. The van der Waals surface area contributed by atoms with Crippen LogP contribution in [-0.4, -0.2) is 40.7 Å². The van der Waals surface area contributed by atoms with Gasteiger partial charge < -0.3 is 0 Å². The molecule has 0 unspecified atom stereocenters. The van der Waals surface area contributed by atoms with Crippen molar-refractivity contribution in [2.24, 2.45) is 0 Å². The number of rotatable bonds is 1. The van der Waals surface area contributed by atoms with Crippen LogP contribution in [0.25, 0.3) is 10.8 Å². The minimum absolute atomic E-state index is 0. The molecule has 3 nitrogen and oxygen atoms in total. The molecule has 1 amide bonds. The van der Waals surface area contributed by atoms with Gasteiger partial charge in [0.25, 0.3) is 5.91 Å². The van der Waals surface area contributed by atoms with Crippen molar-refractivity contribution >= 4 is 46.2 Å². The van der Waals surface area contributed by atoms with Gasteiger partial charge in [-0.1, -0.05) is 36.4 Å². The van der Waals surface area contributed by atoms with E-state index in [0.29, 0.717) is 5.56 Å². The number of nitrogens with one attached hydrogen (secondary N) is 1. The smallest absolute Gasteiger partial charge is 0.275 e. The fourth-order valence-corrected chi connectivity index (χ4v) is 1.48. The van der Waals surface area contributed by atoms with E-state index in [1.165, 1.54) is 0 Å². The standard InChI is InChI=1S/C11H9NO2.Na/c13-11(12-14)10-7-3-5-8-4-1-2-6-9(8)10;/h1-7,14H,(H,12,13);. The van der Waals surface area contributed by atoms with Gasteiger partial charge in [-0.05, 0) is 16.8 Å². The molecule has 2 aromatic carbocycles. The fourth-order valence-electron chi connectivity index (χ4n) is 1.48. The van der Waals surface area contributed by atoms with E-state index in [4.69, 9.17) is 5.21 Å². The topological polar surface area (TPSA) is 49.3 Å². The van der Waals surface area contributed by atoms with Crippen molar-refractivity contribution in [1.82, 2.24) is 5.48 Å². The molecule has 2 aromatic rings. The van der Waals surface area contributed by atoms with Crippen molar-refractivity contribution in [3.05, 3.63) is 48.0 Å². The number of fused-ring (bicyclic) bond motifs is 1. The first-order chi connectivity index (χ1) is 6.83. The van der Waals surface area contributed by atoms with Crippen molar-refractivity contribution in [2.75, 3.05) is 0 Å². The normalized spacial score (nSPS) is 9.40. The van der Waals surface area contributed by atoms with Gasteiger partial charge in [-0.25, -0.2) is 5.48 Å². The number of carbonyl (C=O) groups excluding carboxylic acids is 1. The van der Waals surface area contributed by atoms with Crippen LogP contribution in [0, 0.1) is 0 Å². The van der Waals surface area contributed by atoms with Gasteiger partial charge in [0.15, 0.2) is 0 Å². The van der Waals surface area contributed by atoms with E-state index in [1.807, 2.05) is 30.3 Å². The Morgan fingerprint density at radius 1 is 1.07 bits per heavy atom. The third-order valence-corrected chi connectivity index (χ3v) is 2.14. The second-order valence-electron chi connectivity index (χ2n) is 2.97. The number of benzene rings is 2. The monoisotopic (exact) mass is 210 g/mol. The summed E-state index contributed by atoms with van der Waals surface area (Å²) in [6.07, 6.45) is 0. The minimum Gasteiger partial charge on any atom is -0.288 e. The average Bonchev–Trinajstić information content (AvgIpc) is 2.27. The van der Waals surface area contributed by atoms with Crippen LogP contribution >= 0.6 is 0 Å². The van der Waals surface area contributed by atoms with Gasteiger partial charge in [-0.15, -0.1) is 0 Å². The van der Waals surface area contributed by atoms with Crippen LogP contribution in [0.5, 0.6) is 0 Å². The second kappa shape index (κ2) is 5.28. The van der Waals surface area contributed by atoms with Crippen LogP contribution in [0.2, 0.25) is 0 Å². The van der Waals surface area contributed by atoms with Crippen LogP contribution in [0.15, 0.2) is 42.5 Å². The van der Waals surface area contributed by atoms with Crippen LogP contribution in [0.1, 0.15) is 10.4 Å². The maximum Gasteiger partial charge on any atom is 0.275 e. The largest absolute Gasteiger partial charge is 0.288 e. The van der Waals surface area contributed by atoms with Crippen molar-refractivity contribution in [3.63, 3.8) is 0 Å². The zero-order valence-electron chi connectivity index (χ0n) is 8.40. The Balaban J connectivity index is 0.00000112. The van der Waals surface area contributed by atoms with Crippen molar-refractivity contribution in [2.45, 2.75) is 0 Å². The summed E-state index contributed by atoms with van der Waals surface area (Å²) in [7, 11) is 0. The van der Waals surface area contributed by atoms with Gasteiger partial charge in [-0.3, -0.25) is 10.0 Å². The van der Waals surface area contributed by atoms with E-state index in [-0.39, 0.29) is 29.6 Å². The summed E-state index contributed by atoms with van der Waals surface area (Å²) in [5, 5.41) is 10.4. The van der Waals surface area contributed by atoms with Gasteiger partial charge >= 0.3 is 0 Å². The molecule has 0 saturated carbocycles. The molecule has 0 spiro atoms. The van der Waals surface area contributed by atoms with E-state index in [0.717, 1.165) is 10.8 Å². The summed E-state index contributed by atoms with van der Waals surface area (Å²) in [4.78, 5) is 11.3. The van der Waals surface area contributed by atoms with E-state index in [1.54, 1.807) is 17.6 Å². The van der Waals surface area contributed by atoms with E-state index < -0.39 is 5.91 Å². The van der Waals surface area contributed by atoms with Gasteiger partial charge in [0.1, 0.15) is 0 Å². The van der Waals surface area contributed by atoms with Gasteiger partial charge in [-0.2, -0.15) is 0 Å². The molecule has 0 atom stereocenters. The van der Waals surface area contributed by atoms with Crippen LogP contribution in [0.3, 0.4) is 0 Å². The molecule has 0 saturated heterocycles. The van der Waals surface area contributed by atoms with Crippen LogP contribution < -0.4 is 5.48 Å². The van der Waals surface area contributed by atoms with Crippen LogP contribution in [0.4, 0.5) is 0 Å². The van der Waals surface area contributed by atoms with Crippen LogP contribution in [-0.2, 0) is 0 Å². The Labute approximate surface area is 109 Å². The Morgan fingerprint density at radius 2 is 1.73 bits per heavy atom. The third kappa shape index (κ3) is 2.38. The van der Waals surface area contributed by atoms with Crippen molar-refractivity contribution in [1.29, 1.82) is 0 Å². The predicted molar refractivity (Wildman–Crippen MR) is 59.0 cm³/mol. The molecule has 0 fully saturated rings. The fraction of sp³-hybridized carbons (Fsp3) is 0. The summed E-state index contributed by atoms with van der Waals surface area (Å²) >= 11 is 0. The first kappa shape index (κ1) is 12.2. The van der Waals surface area contributed by atoms with E-state index in [9.17, 15) is 4.79 Å². The zero-order valence-corrected chi connectivity index (χ0v) is 10.4. The van der Waals surface area contributed by atoms with Gasteiger partial charge in [0, 0.05) is 35.1 Å². The maximum absolute atomic E-state index is 11.3. The summed E-state index contributed by atoms with van der Waals surface area (Å²) in [6, 6.07) is 12.9. The molecule has 71 valence electrons. The summed E-state index contributed by atoms with van der Waals surface area (Å²) in [5.41, 5.74) is 2.11. The molecular formula is C11H9NNaO2. The molecule has 0 aliphatic carbocycles. The number of carbonyl (C=O) groups is 1. The average molecular weight is 210 g/mol. The Morgan fingerprint density at radius 3 is 2.47 bits per heavy atom. The van der Waals surface area contributed by atoms with E-state index in [2.05, 4.69) is 0 Å². The number of hydrogen-bond donors (Lipinski definition) is 2. The van der Waals surface area contributed by atoms with Crippen molar-refractivity contribution in [3.8, 4) is 0 Å². The molecule has 1 radical (unpaired) electrons. The summed E-state index contributed by atoms with van der Waals surface area (Å²) in [6.45, 7) is 0. The molecule has 2 rings (SSSR count). The SMILES string of the molecule is O=C(NO)c1cccc2ccccc12.[Na]. The third-order valence-electron chi connectivity index (χ3n) is 2.14. The Kier molecular flexibility index (Phi) is 4.29. The maximum atomic E-state index is 11.3. The molecule has 0 heterocycles. The predicted octanol–water partition coefficient (Wildman–Crippen LogP) is 1.58. The molecule has 15 heavy (non-hydrogen) atoms. The second-order valence-corrected chi connectivity index (χ2v) is 2.97. The van der Waals surface area contributed by atoms with Gasteiger partial charge in [0.05, 0.1) is 0 Å². The number of amides is 1. The molecule has 4 heteroatoms. The van der Waals surface area contributed by atoms with E-state index >= 15 is 0 Å². The molecule has 2 N–H and O–H groups in total.